The number of imidazole rings is 1. The molecule has 2 heterocycles. The summed E-state index contributed by atoms with van der Waals surface area (Å²) in [5.41, 5.74) is 4.62. The van der Waals surface area contributed by atoms with Crippen LogP contribution in [-0.2, 0) is 10.1 Å². The Kier molecular flexibility index (Phi) is 4.03. The van der Waals surface area contributed by atoms with Crippen LogP contribution in [-0.4, -0.2) is 28.6 Å². The van der Waals surface area contributed by atoms with Crippen LogP contribution in [0.3, 0.4) is 0 Å². The van der Waals surface area contributed by atoms with E-state index in [-0.39, 0.29) is 4.90 Å². The average molecular weight is 351 g/mol. The van der Waals surface area contributed by atoms with Gasteiger partial charge >= 0.3 is 0 Å². The van der Waals surface area contributed by atoms with Crippen molar-refractivity contribution in [2.45, 2.75) is 4.90 Å². The van der Waals surface area contributed by atoms with Gasteiger partial charge in [-0.2, -0.15) is 13.5 Å². The molecule has 0 spiro atoms. The summed E-state index contributed by atoms with van der Waals surface area (Å²) in [5.74, 6) is 0. The molecule has 0 amide bonds. The van der Waals surface area contributed by atoms with Crippen molar-refractivity contribution in [1.29, 1.82) is 0 Å². The molecule has 3 aromatic rings. The number of pyridine rings is 1. The van der Waals surface area contributed by atoms with Crippen LogP contribution < -0.4 is 5.43 Å². The number of hydrogen-bond acceptors (Lipinski definition) is 5. The summed E-state index contributed by atoms with van der Waals surface area (Å²) in [6, 6.07) is 11.0. The Hall–Kier alpha value is -2.42. The van der Waals surface area contributed by atoms with Gasteiger partial charge in [-0.25, -0.2) is 4.98 Å². The number of halogens is 1. The zero-order valence-electron chi connectivity index (χ0n) is 11.6. The quantitative estimate of drug-likeness (QED) is 0.428. The van der Waals surface area contributed by atoms with Crippen LogP contribution in [0.5, 0.6) is 0 Å². The highest BCUT2D eigenvalue weighted by Crippen LogP contribution is 2.16. The van der Waals surface area contributed by atoms with Gasteiger partial charge in [0, 0.05) is 6.20 Å². The lowest BCUT2D eigenvalue weighted by Crippen LogP contribution is -1.98. The van der Waals surface area contributed by atoms with E-state index in [0.29, 0.717) is 22.2 Å². The third kappa shape index (κ3) is 3.34. The normalized spacial score (nSPS) is 12.1. The Morgan fingerprint density at radius 3 is 2.65 bits per heavy atom. The third-order valence-corrected chi connectivity index (χ3v) is 4.20. The molecule has 118 valence electrons. The number of rotatable bonds is 4. The van der Waals surface area contributed by atoms with E-state index in [1.165, 1.54) is 30.5 Å². The van der Waals surface area contributed by atoms with Gasteiger partial charge in [0.25, 0.3) is 10.1 Å². The van der Waals surface area contributed by atoms with E-state index in [0.717, 1.165) is 0 Å². The fraction of sp³-hybridized carbons (Fsp3) is 0. The summed E-state index contributed by atoms with van der Waals surface area (Å²) < 4.78 is 32.6. The summed E-state index contributed by atoms with van der Waals surface area (Å²) in [5, 5.41) is 4.38. The number of nitrogens with one attached hydrogen (secondary N) is 1. The molecule has 23 heavy (non-hydrogen) atoms. The highest BCUT2D eigenvalue weighted by molar-refractivity contribution is 7.85. The predicted octanol–water partition coefficient (Wildman–Crippen LogP) is 2.68. The second kappa shape index (κ2) is 5.99. The molecule has 0 unspecified atom stereocenters. The van der Waals surface area contributed by atoms with Gasteiger partial charge in [-0.15, -0.1) is 0 Å². The third-order valence-electron chi connectivity index (χ3n) is 3.05. The van der Waals surface area contributed by atoms with Crippen molar-refractivity contribution in [3.8, 4) is 0 Å². The molecule has 0 aliphatic carbocycles. The maximum Gasteiger partial charge on any atom is 0.294 e. The summed E-state index contributed by atoms with van der Waals surface area (Å²) in [6.07, 6.45) is 3.33. The molecule has 0 atom stereocenters. The van der Waals surface area contributed by atoms with E-state index >= 15 is 0 Å². The Balaban J connectivity index is 1.79. The Bertz CT molecular complexity index is 981. The van der Waals surface area contributed by atoms with Crippen LogP contribution in [0.2, 0.25) is 5.15 Å². The second-order valence-corrected chi connectivity index (χ2v) is 6.37. The topological polar surface area (TPSA) is 96.1 Å². The van der Waals surface area contributed by atoms with Crippen LogP contribution in [0.25, 0.3) is 5.65 Å². The van der Waals surface area contributed by atoms with Gasteiger partial charge in [0.15, 0.2) is 5.15 Å². The standard InChI is InChI=1S/C14H11ClN4O3S/c15-14-12(19-8-2-1-3-13(19)17-14)9-16-18-10-4-6-11(7-5-10)23(20,21)22/h1-9,18H,(H,20,21,22). The molecular formula is C14H11ClN4O3S. The molecule has 2 N–H and O–H groups in total. The molecule has 0 radical (unpaired) electrons. The molecule has 0 aliphatic rings. The minimum absolute atomic E-state index is 0.183. The molecular weight excluding hydrogens is 340 g/mol. The Labute approximate surface area is 137 Å². The number of hydrazone groups is 1. The number of benzene rings is 1. The molecule has 3 rings (SSSR count). The number of nitrogens with zero attached hydrogens (tertiary/aromatic N) is 3. The second-order valence-electron chi connectivity index (χ2n) is 4.59. The first-order valence-electron chi connectivity index (χ1n) is 6.44. The summed E-state index contributed by atoms with van der Waals surface area (Å²) >= 11 is 6.07. The summed E-state index contributed by atoms with van der Waals surface area (Å²) in [4.78, 5) is 4.01. The van der Waals surface area contributed by atoms with Crippen LogP contribution in [0.15, 0.2) is 58.7 Å². The first-order chi connectivity index (χ1) is 10.9. The van der Waals surface area contributed by atoms with E-state index in [4.69, 9.17) is 16.2 Å². The number of hydrogen-bond donors (Lipinski definition) is 2. The Morgan fingerprint density at radius 2 is 1.96 bits per heavy atom. The van der Waals surface area contributed by atoms with Gasteiger partial charge in [-0.3, -0.25) is 14.4 Å². The molecule has 0 bridgehead atoms. The fourth-order valence-electron chi connectivity index (χ4n) is 1.97. The lowest BCUT2D eigenvalue weighted by Gasteiger charge is -2.01. The van der Waals surface area contributed by atoms with E-state index in [9.17, 15) is 8.42 Å². The minimum atomic E-state index is -4.20. The lowest BCUT2D eigenvalue weighted by atomic mass is 10.3. The molecule has 9 heteroatoms. The SMILES string of the molecule is O=S(=O)(O)c1ccc(NN=Cc2c(Cl)nc3ccccn23)cc1. The monoisotopic (exact) mass is 350 g/mol. The highest BCUT2D eigenvalue weighted by atomic mass is 35.5. The van der Waals surface area contributed by atoms with E-state index in [2.05, 4.69) is 15.5 Å². The molecule has 1 aromatic carbocycles. The highest BCUT2D eigenvalue weighted by Gasteiger charge is 2.09. The van der Waals surface area contributed by atoms with Crippen LogP contribution >= 0.6 is 11.6 Å². The molecule has 0 aliphatic heterocycles. The largest absolute Gasteiger partial charge is 0.297 e. The van der Waals surface area contributed by atoms with Gasteiger partial charge < -0.3 is 0 Å². The molecule has 0 saturated heterocycles. The fourth-order valence-corrected chi connectivity index (χ4v) is 2.68. The van der Waals surface area contributed by atoms with E-state index in [1.54, 1.807) is 4.40 Å². The zero-order chi connectivity index (χ0) is 16.4. The number of aromatic nitrogens is 2. The number of anilines is 1. The van der Waals surface area contributed by atoms with Crippen molar-refractivity contribution in [2.75, 3.05) is 5.43 Å². The van der Waals surface area contributed by atoms with Crippen molar-refractivity contribution in [3.05, 3.63) is 59.5 Å². The van der Waals surface area contributed by atoms with Gasteiger partial charge in [0.1, 0.15) is 11.3 Å². The van der Waals surface area contributed by atoms with Crippen molar-refractivity contribution < 1.29 is 13.0 Å². The average Bonchev–Trinajstić information content (AvgIpc) is 2.83. The smallest absolute Gasteiger partial charge is 0.294 e. The predicted molar refractivity (Wildman–Crippen MR) is 87.7 cm³/mol. The Morgan fingerprint density at radius 1 is 1.22 bits per heavy atom. The first kappa shape index (κ1) is 15.5. The van der Waals surface area contributed by atoms with Gasteiger partial charge in [0.05, 0.1) is 16.8 Å². The first-order valence-corrected chi connectivity index (χ1v) is 8.26. The van der Waals surface area contributed by atoms with Crippen molar-refractivity contribution >= 4 is 39.3 Å². The van der Waals surface area contributed by atoms with Crippen molar-refractivity contribution in [2.24, 2.45) is 5.10 Å². The molecule has 0 saturated carbocycles. The van der Waals surface area contributed by atoms with Gasteiger partial charge in [-0.1, -0.05) is 17.7 Å². The van der Waals surface area contributed by atoms with Crippen molar-refractivity contribution in [3.63, 3.8) is 0 Å². The number of fused-ring (bicyclic) bond motifs is 1. The maximum atomic E-state index is 11.0. The van der Waals surface area contributed by atoms with Crippen LogP contribution in [0, 0.1) is 0 Å². The van der Waals surface area contributed by atoms with Crippen LogP contribution in [0.1, 0.15) is 5.69 Å². The molecule has 2 aromatic heterocycles. The van der Waals surface area contributed by atoms with E-state index in [1.807, 2.05) is 24.4 Å². The summed E-state index contributed by atoms with van der Waals surface area (Å²) in [7, 11) is -4.20. The van der Waals surface area contributed by atoms with Crippen LogP contribution in [0.4, 0.5) is 5.69 Å². The van der Waals surface area contributed by atoms with E-state index < -0.39 is 10.1 Å². The molecule has 0 fully saturated rings. The van der Waals surface area contributed by atoms with Gasteiger partial charge in [-0.05, 0) is 36.4 Å². The summed E-state index contributed by atoms with van der Waals surface area (Å²) in [6.45, 7) is 0. The minimum Gasteiger partial charge on any atom is -0.297 e. The maximum absolute atomic E-state index is 11.0. The lowest BCUT2D eigenvalue weighted by molar-refractivity contribution is 0.483. The van der Waals surface area contributed by atoms with Gasteiger partial charge in [0.2, 0.25) is 0 Å². The van der Waals surface area contributed by atoms with Crippen molar-refractivity contribution in [1.82, 2.24) is 9.38 Å². The molecule has 7 nitrogen and oxygen atoms in total. The zero-order valence-corrected chi connectivity index (χ0v) is 13.2.